The minimum Gasteiger partial charge on any atom is -0.352 e. The molecule has 3 aromatic carbocycles. The van der Waals surface area contributed by atoms with Crippen LogP contribution in [0.25, 0.3) is 0 Å². The van der Waals surface area contributed by atoms with E-state index in [1.165, 1.54) is 11.6 Å². The Hall–Kier alpha value is -2.69. The minimum atomic E-state index is -0.199. The van der Waals surface area contributed by atoms with Gasteiger partial charge in [-0.25, -0.2) is 4.39 Å². The molecular weight excluding hydrogens is 435 g/mol. The lowest BCUT2D eigenvalue weighted by molar-refractivity contribution is -0.127. The third-order valence-corrected chi connectivity index (χ3v) is 6.82. The van der Waals surface area contributed by atoms with E-state index in [9.17, 15) is 9.18 Å². The number of hydrogen-bond acceptors (Lipinski definition) is 2. The summed E-state index contributed by atoms with van der Waals surface area (Å²) in [6.07, 6.45) is 0.740. The molecule has 1 aliphatic heterocycles. The fraction of sp³-hybridized carbons (Fsp3) is 0.321. The maximum Gasteiger partial charge on any atom is 0.224 e. The largest absolute Gasteiger partial charge is 0.352 e. The first-order valence-corrected chi connectivity index (χ1v) is 11.8. The maximum atomic E-state index is 13.9. The number of carbonyl (C=O) groups excluding carboxylic acids is 1. The van der Waals surface area contributed by atoms with Gasteiger partial charge in [0.15, 0.2) is 0 Å². The lowest BCUT2D eigenvalue weighted by Crippen LogP contribution is -2.45. The number of halogens is 2. The van der Waals surface area contributed by atoms with Gasteiger partial charge in [0, 0.05) is 31.2 Å². The SMILES string of the molecule is Cc1cccc(CNC(=O)C2CC(c3ccc(F)c(C)c3)CN(Cc3ccccc3Cl)C2)c1. The molecule has 0 bridgehead atoms. The van der Waals surface area contributed by atoms with E-state index in [1.54, 1.807) is 6.92 Å². The van der Waals surface area contributed by atoms with Crippen LogP contribution in [0, 0.1) is 25.6 Å². The zero-order valence-electron chi connectivity index (χ0n) is 19.2. The van der Waals surface area contributed by atoms with Gasteiger partial charge in [0.2, 0.25) is 5.91 Å². The molecule has 1 saturated heterocycles. The Morgan fingerprint density at radius 1 is 1.06 bits per heavy atom. The molecule has 1 heterocycles. The van der Waals surface area contributed by atoms with E-state index in [1.807, 2.05) is 61.5 Å². The van der Waals surface area contributed by atoms with Gasteiger partial charge in [-0.2, -0.15) is 0 Å². The predicted octanol–water partition coefficient (Wildman–Crippen LogP) is 6.02. The fourth-order valence-electron chi connectivity index (χ4n) is 4.70. The van der Waals surface area contributed by atoms with Crippen molar-refractivity contribution in [3.63, 3.8) is 0 Å². The van der Waals surface area contributed by atoms with E-state index in [2.05, 4.69) is 16.3 Å². The first-order chi connectivity index (χ1) is 15.9. The number of likely N-dealkylation sites (tertiary alicyclic amines) is 1. The molecule has 5 heteroatoms. The normalized spacial score (nSPS) is 18.8. The second-order valence-electron chi connectivity index (χ2n) is 9.13. The van der Waals surface area contributed by atoms with Crippen LogP contribution >= 0.6 is 11.6 Å². The number of aryl methyl sites for hydroxylation is 2. The summed E-state index contributed by atoms with van der Waals surface area (Å²) in [7, 11) is 0. The third kappa shape index (κ3) is 6.01. The van der Waals surface area contributed by atoms with Crippen LogP contribution in [0.2, 0.25) is 5.02 Å². The summed E-state index contributed by atoms with van der Waals surface area (Å²) in [5, 5.41) is 3.87. The molecule has 0 radical (unpaired) electrons. The Bertz CT molecular complexity index is 1130. The van der Waals surface area contributed by atoms with E-state index in [-0.39, 0.29) is 23.6 Å². The van der Waals surface area contributed by atoms with Gasteiger partial charge in [-0.15, -0.1) is 0 Å². The smallest absolute Gasteiger partial charge is 0.224 e. The second kappa shape index (κ2) is 10.5. The van der Waals surface area contributed by atoms with E-state index >= 15 is 0 Å². The summed E-state index contributed by atoms with van der Waals surface area (Å²) < 4.78 is 13.9. The van der Waals surface area contributed by atoms with Crippen molar-refractivity contribution in [2.24, 2.45) is 5.92 Å². The lowest BCUT2D eigenvalue weighted by Gasteiger charge is -2.37. The molecular formula is C28H30ClFN2O. The maximum absolute atomic E-state index is 13.9. The Kier molecular flexibility index (Phi) is 7.46. The minimum absolute atomic E-state index is 0.0594. The van der Waals surface area contributed by atoms with Crippen molar-refractivity contribution >= 4 is 17.5 Å². The van der Waals surface area contributed by atoms with Gasteiger partial charge in [-0.1, -0.05) is 71.8 Å². The summed E-state index contributed by atoms with van der Waals surface area (Å²) in [6.45, 7) is 6.50. The number of hydrogen-bond donors (Lipinski definition) is 1. The molecule has 1 amide bonds. The Morgan fingerprint density at radius 3 is 2.64 bits per heavy atom. The van der Waals surface area contributed by atoms with Crippen LogP contribution in [-0.2, 0) is 17.9 Å². The molecule has 0 aromatic heterocycles. The highest BCUT2D eigenvalue weighted by Gasteiger charge is 2.32. The van der Waals surface area contributed by atoms with Crippen molar-refractivity contribution in [1.29, 1.82) is 0 Å². The van der Waals surface area contributed by atoms with Crippen molar-refractivity contribution in [2.75, 3.05) is 13.1 Å². The third-order valence-electron chi connectivity index (χ3n) is 6.45. The quantitative estimate of drug-likeness (QED) is 0.484. The Balaban J connectivity index is 1.52. The van der Waals surface area contributed by atoms with Gasteiger partial charge < -0.3 is 5.32 Å². The number of nitrogens with one attached hydrogen (secondary N) is 1. The second-order valence-corrected chi connectivity index (χ2v) is 9.54. The van der Waals surface area contributed by atoms with Gasteiger partial charge in [0.25, 0.3) is 0 Å². The summed E-state index contributed by atoms with van der Waals surface area (Å²) in [6, 6.07) is 21.3. The van der Waals surface area contributed by atoms with Crippen LogP contribution in [0.15, 0.2) is 66.7 Å². The van der Waals surface area contributed by atoms with Crippen LogP contribution in [0.4, 0.5) is 4.39 Å². The van der Waals surface area contributed by atoms with Crippen LogP contribution in [0.1, 0.15) is 40.2 Å². The van der Waals surface area contributed by atoms with Crippen LogP contribution in [0.5, 0.6) is 0 Å². The predicted molar refractivity (Wildman–Crippen MR) is 132 cm³/mol. The summed E-state index contributed by atoms with van der Waals surface area (Å²) in [5.74, 6) is -0.143. The van der Waals surface area contributed by atoms with Crippen LogP contribution in [-0.4, -0.2) is 23.9 Å². The molecule has 4 rings (SSSR count). The molecule has 2 unspecified atom stereocenters. The molecule has 3 nitrogen and oxygen atoms in total. The average molecular weight is 465 g/mol. The summed E-state index contributed by atoms with van der Waals surface area (Å²) >= 11 is 6.42. The van der Waals surface area contributed by atoms with Gasteiger partial charge in [-0.05, 0) is 60.6 Å². The highest BCUT2D eigenvalue weighted by atomic mass is 35.5. The summed E-state index contributed by atoms with van der Waals surface area (Å²) in [5.41, 5.74) is 5.04. The van der Waals surface area contributed by atoms with Crippen molar-refractivity contribution in [1.82, 2.24) is 10.2 Å². The zero-order valence-corrected chi connectivity index (χ0v) is 19.9. The lowest BCUT2D eigenvalue weighted by atomic mass is 9.83. The summed E-state index contributed by atoms with van der Waals surface area (Å²) in [4.78, 5) is 15.5. The molecule has 1 N–H and O–H groups in total. The molecule has 2 atom stereocenters. The Labute approximate surface area is 200 Å². The Morgan fingerprint density at radius 2 is 1.88 bits per heavy atom. The average Bonchev–Trinajstić information content (AvgIpc) is 2.80. The van der Waals surface area contributed by atoms with Crippen molar-refractivity contribution in [3.05, 3.63) is 105 Å². The highest BCUT2D eigenvalue weighted by Crippen LogP contribution is 2.33. The number of amides is 1. The molecule has 1 aliphatic rings. The van der Waals surface area contributed by atoms with Crippen LogP contribution < -0.4 is 5.32 Å². The molecule has 0 aliphatic carbocycles. The van der Waals surface area contributed by atoms with Crippen LogP contribution in [0.3, 0.4) is 0 Å². The van der Waals surface area contributed by atoms with E-state index in [0.29, 0.717) is 25.2 Å². The van der Waals surface area contributed by atoms with Crippen molar-refractivity contribution < 1.29 is 9.18 Å². The topological polar surface area (TPSA) is 32.3 Å². The number of nitrogens with zero attached hydrogens (tertiary/aromatic N) is 1. The van der Waals surface area contributed by atoms with Gasteiger partial charge in [-0.3, -0.25) is 9.69 Å². The molecule has 172 valence electrons. The van der Waals surface area contributed by atoms with Crippen molar-refractivity contribution in [2.45, 2.75) is 39.3 Å². The number of carbonyl (C=O) groups is 1. The molecule has 3 aromatic rings. The van der Waals surface area contributed by atoms with Gasteiger partial charge >= 0.3 is 0 Å². The van der Waals surface area contributed by atoms with E-state index in [4.69, 9.17) is 11.6 Å². The van der Waals surface area contributed by atoms with Gasteiger partial charge in [0.05, 0.1) is 5.92 Å². The highest BCUT2D eigenvalue weighted by molar-refractivity contribution is 6.31. The number of piperidine rings is 1. The molecule has 0 saturated carbocycles. The zero-order chi connectivity index (χ0) is 23.4. The molecule has 0 spiro atoms. The molecule has 1 fully saturated rings. The molecule has 33 heavy (non-hydrogen) atoms. The standard InChI is InChI=1S/C28H30ClFN2O/c1-19-6-5-7-21(12-19)15-31-28(33)25-14-24(22-10-11-27(30)20(2)13-22)17-32(18-25)16-23-8-3-4-9-26(23)29/h3-13,24-25H,14-18H2,1-2H3,(H,31,33). The first kappa shape index (κ1) is 23.5. The van der Waals surface area contributed by atoms with Crippen molar-refractivity contribution in [3.8, 4) is 0 Å². The number of rotatable bonds is 6. The number of benzene rings is 3. The fourth-order valence-corrected chi connectivity index (χ4v) is 4.89. The monoisotopic (exact) mass is 464 g/mol. The van der Waals surface area contributed by atoms with Gasteiger partial charge in [0.1, 0.15) is 5.82 Å². The van der Waals surface area contributed by atoms with E-state index < -0.39 is 0 Å². The first-order valence-electron chi connectivity index (χ1n) is 11.4. The van der Waals surface area contributed by atoms with E-state index in [0.717, 1.165) is 34.7 Å².